The molecule has 2 aliphatic rings. The van der Waals surface area contributed by atoms with E-state index in [1.807, 2.05) is 0 Å². The summed E-state index contributed by atoms with van der Waals surface area (Å²) in [6.45, 7) is 9.66. The van der Waals surface area contributed by atoms with E-state index in [2.05, 4.69) is 62.1 Å². The second kappa shape index (κ2) is 9.20. The van der Waals surface area contributed by atoms with Gasteiger partial charge in [0.2, 0.25) is 0 Å². The van der Waals surface area contributed by atoms with E-state index in [-0.39, 0.29) is 5.92 Å². The highest BCUT2D eigenvalue weighted by molar-refractivity contribution is 5.88. The summed E-state index contributed by atoms with van der Waals surface area (Å²) in [5.41, 5.74) is 1.67. The van der Waals surface area contributed by atoms with Crippen molar-refractivity contribution in [1.82, 2.24) is 4.90 Å². The Morgan fingerprint density at radius 1 is 1.03 bits per heavy atom. The molecule has 0 spiro atoms. The fourth-order valence-electron chi connectivity index (χ4n) is 5.33. The van der Waals surface area contributed by atoms with E-state index in [9.17, 15) is 9.90 Å². The van der Waals surface area contributed by atoms with Crippen LogP contribution in [0.5, 0.6) is 5.75 Å². The number of fused-ring (bicyclic) bond motifs is 1. The molecule has 0 aromatic heterocycles. The smallest absolute Gasteiger partial charge is 0.306 e. The molecule has 1 N–H and O–H groups in total. The lowest BCUT2D eigenvalue weighted by Crippen LogP contribution is -2.35. The van der Waals surface area contributed by atoms with E-state index in [4.69, 9.17) is 4.74 Å². The minimum absolute atomic E-state index is 0.175. The van der Waals surface area contributed by atoms with Crippen LogP contribution in [0, 0.1) is 17.3 Å². The molecular weight excluding hydrogens is 386 g/mol. The van der Waals surface area contributed by atoms with Crippen LogP contribution in [0.3, 0.4) is 0 Å². The van der Waals surface area contributed by atoms with Crippen LogP contribution in [0.4, 0.5) is 0 Å². The van der Waals surface area contributed by atoms with Crippen molar-refractivity contribution in [2.45, 2.75) is 71.9 Å². The molecule has 0 radical (unpaired) electrons. The molecule has 0 unspecified atom stereocenters. The van der Waals surface area contributed by atoms with Crippen LogP contribution in [-0.2, 0) is 11.3 Å². The van der Waals surface area contributed by atoms with Gasteiger partial charge in [-0.1, -0.05) is 45.0 Å². The SMILES string of the molecule is CC(C)(C)C1CCC(Oc2cccc3cc(CN4CCC(C(=O)O)CC4)ccc23)CC1. The van der Waals surface area contributed by atoms with Gasteiger partial charge in [-0.3, -0.25) is 9.69 Å². The number of carbonyl (C=O) groups is 1. The second-order valence-electron chi connectivity index (χ2n) is 10.7. The summed E-state index contributed by atoms with van der Waals surface area (Å²) in [7, 11) is 0. The predicted molar refractivity (Wildman–Crippen MR) is 125 cm³/mol. The molecule has 1 aliphatic heterocycles. The first-order valence-corrected chi connectivity index (χ1v) is 11.9. The van der Waals surface area contributed by atoms with Crippen molar-refractivity contribution >= 4 is 16.7 Å². The molecule has 4 nitrogen and oxygen atoms in total. The van der Waals surface area contributed by atoms with Crippen molar-refractivity contribution in [3.63, 3.8) is 0 Å². The Balaban J connectivity index is 1.39. The molecular formula is C27H37NO3. The topological polar surface area (TPSA) is 49.8 Å². The molecule has 4 rings (SSSR count). The third kappa shape index (κ3) is 5.41. The molecule has 1 saturated heterocycles. The van der Waals surface area contributed by atoms with Crippen LogP contribution < -0.4 is 4.74 Å². The molecule has 4 heteroatoms. The fourth-order valence-corrected chi connectivity index (χ4v) is 5.33. The number of aliphatic carboxylic acids is 1. The maximum Gasteiger partial charge on any atom is 0.306 e. The third-order valence-corrected chi connectivity index (χ3v) is 7.44. The summed E-state index contributed by atoms with van der Waals surface area (Å²) in [6.07, 6.45) is 6.60. The Morgan fingerprint density at radius 2 is 1.74 bits per heavy atom. The van der Waals surface area contributed by atoms with Crippen LogP contribution in [0.1, 0.15) is 64.9 Å². The minimum Gasteiger partial charge on any atom is -0.490 e. The lowest BCUT2D eigenvalue weighted by atomic mass is 9.72. The molecule has 2 aromatic carbocycles. The van der Waals surface area contributed by atoms with Crippen LogP contribution in [0.2, 0.25) is 0 Å². The Morgan fingerprint density at radius 3 is 2.39 bits per heavy atom. The molecule has 0 bridgehead atoms. The van der Waals surface area contributed by atoms with Crippen LogP contribution in [0.25, 0.3) is 10.8 Å². The third-order valence-electron chi connectivity index (χ3n) is 7.44. The number of hydrogen-bond acceptors (Lipinski definition) is 3. The van der Waals surface area contributed by atoms with Gasteiger partial charge < -0.3 is 9.84 Å². The van der Waals surface area contributed by atoms with Gasteiger partial charge in [0.1, 0.15) is 5.75 Å². The van der Waals surface area contributed by atoms with Gasteiger partial charge in [0.15, 0.2) is 0 Å². The summed E-state index contributed by atoms with van der Waals surface area (Å²) in [5, 5.41) is 11.6. The van der Waals surface area contributed by atoms with Crippen molar-refractivity contribution in [3.05, 3.63) is 42.0 Å². The van der Waals surface area contributed by atoms with Crippen LogP contribution >= 0.6 is 0 Å². The van der Waals surface area contributed by atoms with Gasteiger partial charge in [-0.2, -0.15) is 0 Å². The number of likely N-dealkylation sites (tertiary alicyclic amines) is 1. The average molecular weight is 424 g/mol. The van der Waals surface area contributed by atoms with E-state index in [0.717, 1.165) is 57.0 Å². The van der Waals surface area contributed by atoms with Gasteiger partial charge in [0.25, 0.3) is 0 Å². The lowest BCUT2D eigenvalue weighted by molar-refractivity contribution is -0.143. The van der Waals surface area contributed by atoms with E-state index in [0.29, 0.717) is 11.5 Å². The van der Waals surface area contributed by atoms with E-state index in [1.165, 1.54) is 29.2 Å². The first kappa shape index (κ1) is 22.1. The van der Waals surface area contributed by atoms with Crippen molar-refractivity contribution in [2.75, 3.05) is 13.1 Å². The van der Waals surface area contributed by atoms with E-state index >= 15 is 0 Å². The summed E-state index contributed by atoms with van der Waals surface area (Å²) in [5.74, 6) is 0.976. The summed E-state index contributed by atoms with van der Waals surface area (Å²) in [6, 6.07) is 13.0. The fraction of sp³-hybridized carbons (Fsp3) is 0.593. The van der Waals surface area contributed by atoms with Crippen LogP contribution in [-0.4, -0.2) is 35.2 Å². The van der Waals surface area contributed by atoms with Gasteiger partial charge in [0, 0.05) is 11.9 Å². The quantitative estimate of drug-likeness (QED) is 0.629. The van der Waals surface area contributed by atoms with Crippen molar-refractivity contribution in [2.24, 2.45) is 17.3 Å². The number of carboxylic acid groups (broad SMARTS) is 1. The summed E-state index contributed by atoms with van der Waals surface area (Å²) >= 11 is 0. The first-order chi connectivity index (χ1) is 14.8. The summed E-state index contributed by atoms with van der Waals surface area (Å²) < 4.78 is 6.49. The van der Waals surface area contributed by atoms with E-state index in [1.54, 1.807) is 0 Å². The molecule has 1 aliphatic carbocycles. The van der Waals surface area contributed by atoms with Gasteiger partial charge in [-0.25, -0.2) is 0 Å². The lowest BCUT2D eigenvalue weighted by Gasteiger charge is -2.37. The van der Waals surface area contributed by atoms with Crippen molar-refractivity contribution in [3.8, 4) is 5.75 Å². The van der Waals surface area contributed by atoms with Gasteiger partial charge in [-0.15, -0.1) is 0 Å². The molecule has 1 heterocycles. The normalized spacial score (nSPS) is 23.7. The molecule has 168 valence electrons. The van der Waals surface area contributed by atoms with Gasteiger partial charge in [0.05, 0.1) is 12.0 Å². The number of ether oxygens (including phenoxy) is 1. The minimum atomic E-state index is -0.648. The monoisotopic (exact) mass is 423 g/mol. The highest BCUT2D eigenvalue weighted by atomic mass is 16.5. The van der Waals surface area contributed by atoms with Crippen LogP contribution in [0.15, 0.2) is 36.4 Å². The second-order valence-corrected chi connectivity index (χ2v) is 10.7. The molecule has 1 saturated carbocycles. The molecule has 2 fully saturated rings. The molecule has 2 aromatic rings. The molecule has 31 heavy (non-hydrogen) atoms. The van der Waals surface area contributed by atoms with Crippen molar-refractivity contribution < 1.29 is 14.6 Å². The molecule has 0 amide bonds. The largest absolute Gasteiger partial charge is 0.490 e. The number of benzene rings is 2. The standard InChI is InChI=1S/C27H37NO3/c1-27(2,3)22-8-10-23(11-9-22)31-25-6-4-5-21-17-19(7-12-24(21)25)18-28-15-13-20(14-16-28)26(29)30/h4-7,12,17,20,22-23H,8-11,13-16,18H2,1-3H3,(H,29,30). The van der Waals surface area contributed by atoms with Gasteiger partial charge >= 0.3 is 5.97 Å². The highest BCUT2D eigenvalue weighted by Gasteiger charge is 2.30. The highest BCUT2D eigenvalue weighted by Crippen LogP contribution is 2.39. The average Bonchev–Trinajstić information content (AvgIpc) is 2.74. The Hall–Kier alpha value is -2.07. The summed E-state index contributed by atoms with van der Waals surface area (Å²) in [4.78, 5) is 13.5. The maximum atomic E-state index is 11.2. The number of carboxylic acids is 1. The predicted octanol–water partition coefficient (Wildman–Crippen LogP) is 6.12. The number of piperidine rings is 1. The van der Waals surface area contributed by atoms with E-state index < -0.39 is 5.97 Å². The molecule has 0 atom stereocenters. The zero-order valence-corrected chi connectivity index (χ0v) is 19.3. The first-order valence-electron chi connectivity index (χ1n) is 11.9. The Bertz CT molecular complexity index is 900. The zero-order chi connectivity index (χ0) is 22.0. The number of nitrogens with zero attached hydrogens (tertiary/aromatic N) is 1. The van der Waals surface area contributed by atoms with Gasteiger partial charge in [-0.05, 0) is 86.0 Å². The zero-order valence-electron chi connectivity index (χ0n) is 19.3. The Labute approximate surface area is 186 Å². The Kier molecular flexibility index (Phi) is 6.57. The maximum absolute atomic E-state index is 11.2. The number of hydrogen-bond donors (Lipinski definition) is 1. The van der Waals surface area contributed by atoms with Crippen molar-refractivity contribution in [1.29, 1.82) is 0 Å². The number of rotatable bonds is 5.